The van der Waals surface area contributed by atoms with Crippen LogP contribution in [-0.4, -0.2) is 66.2 Å². The summed E-state index contributed by atoms with van der Waals surface area (Å²) in [6.07, 6.45) is 1.23. The van der Waals surface area contributed by atoms with Crippen LogP contribution in [-0.2, 0) is 35.1 Å². The number of amides is 1. The Morgan fingerprint density at radius 3 is 2.19 bits per heavy atom. The topological polar surface area (TPSA) is 142 Å². The first-order valence-electron chi connectivity index (χ1n) is 19.9. The molecular weight excluding hydrogens is 756 g/mol. The molecule has 4 aromatic rings. The number of hydrogen-bond donors (Lipinski definition) is 2. The van der Waals surface area contributed by atoms with Crippen LogP contribution in [0.25, 0.3) is 22.4 Å². The molecule has 312 valence electrons. The van der Waals surface area contributed by atoms with Crippen molar-refractivity contribution in [2.24, 2.45) is 17.8 Å². The van der Waals surface area contributed by atoms with Gasteiger partial charge in [0.1, 0.15) is 25.1 Å². The van der Waals surface area contributed by atoms with Crippen molar-refractivity contribution in [3.8, 4) is 22.4 Å². The molecule has 0 aliphatic heterocycles. The molecule has 5 atom stereocenters. The van der Waals surface area contributed by atoms with Crippen molar-refractivity contribution >= 4 is 29.7 Å². The number of methoxy groups -OCH3 is 1. The van der Waals surface area contributed by atoms with Gasteiger partial charge in [0.25, 0.3) is 5.91 Å². The van der Waals surface area contributed by atoms with Gasteiger partial charge in [0, 0.05) is 29.9 Å². The van der Waals surface area contributed by atoms with Crippen LogP contribution in [0, 0.1) is 23.6 Å². The van der Waals surface area contributed by atoms with Gasteiger partial charge in [-0.05, 0) is 84.5 Å². The van der Waals surface area contributed by atoms with Crippen molar-refractivity contribution in [2.45, 2.75) is 70.6 Å². The fourth-order valence-corrected chi connectivity index (χ4v) is 7.73. The van der Waals surface area contributed by atoms with E-state index >= 15 is 0 Å². The molecular formula is C47H53FN2O9. The Hall–Kier alpha value is -6.01. The van der Waals surface area contributed by atoms with E-state index in [1.165, 1.54) is 19.2 Å². The smallest absolute Gasteiger partial charge is 0.469 e. The van der Waals surface area contributed by atoms with Crippen LogP contribution in [0.4, 0.5) is 14.9 Å². The SMILES string of the molecule is C=CC1CC(C=C)C(C(=O)OCCOC(=O)O[C@@H](CC(=O)OC)C[C@H](O)CCn2c(-c3ccc(F)cc3)c(-c3ccccc3)c(C(=O)Nc3ccccc3)c2C(C)C)C1. The fraction of sp³-hybridized carbons (Fsp3) is 0.362. The van der Waals surface area contributed by atoms with Gasteiger partial charge >= 0.3 is 18.1 Å². The van der Waals surface area contributed by atoms with Crippen LogP contribution in [0.3, 0.4) is 0 Å². The highest BCUT2D eigenvalue weighted by Crippen LogP contribution is 2.43. The van der Waals surface area contributed by atoms with E-state index in [2.05, 4.69) is 18.5 Å². The van der Waals surface area contributed by atoms with Crippen molar-refractivity contribution in [2.75, 3.05) is 25.6 Å². The Morgan fingerprint density at radius 2 is 1.56 bits per heavy atom. The third-order valence-corrected chi connectivity index (χ3v) is 10.5. The largest absolute Gasteiger partial charge is 0.508 e. The second-order valence-corrected chi connectivity index (χ2v) is 14.9. The number of carbonyl (C=O) groups is 4. The summed E-state index contributed by atoms with van der Waals surface area (Å²) >= 11 is 0. The average Bonchev–Trinajstić information content (AvgIpc) is 3.82. The number of aromatic nitrogens is 1. The zero-order valence-electron chi connectivity index (χ0n) is 33.8. The second kappa shape index (κ2) is 21.1. The van der Waals surface area contributed by atoms with Crippen LogP contribution in [0.5, 0.6) is 0 Å². The van der Waals surface area contributed by atoms with Gasteiger partial charge in [-0.3, -0.25) is 14.4 Å². The highest BCUT2D eigenvalue weighted by Gasteiger charge is 2.37. The number of aliphatic hydroxyl groups is 1. The first-order valence-corrected chi connectivity index (χ1v) is 19.9. The zero-order valence-corrected chi connectivity index (χ0v) is 33.8. The summed E-state index contributed by atoms with van der Waals surface area (Å²) in [4.78, 5) is 52.2. The number of rotatable bonds is 19. The van der Waals surface area contributed by atoms with Gasteiger partial charge in [-0.1, -0.05) is 74.5 Å². The standard InChI is InChI=1S/C47H53FN2O9/c1-6-31-26-32(7-2)39(27-31)46(54)57-24-25-58-47(55)59-38(29-40(52)56-5)28-37(51)22-23-50-43(30(3)4)42(45(53)49-36-16-12-9-13-17-36)41(33-14-10-8-11-15-33)44(50)34-18-20-35(48)21-19-34/h6-21,30-32,37-39,51H,1-2,22-29H2,3-5H3,(H,49,53)/t31?,32?,37-,38-,39?/m1/s1. The van der Waals surface area contributed by atoms with Gasteiger partial charge in [-0.15, -0.1) is 13.2 Å². The fourth-order valence-electron chi connectivity index (χ4n) is 7.73. The Bertz CT molecular complexity index is 2060. The van der Waals surface area contributed by atoms with E-state index in [9.17, 15) is 28.7 Å². The van der Waals surface area contributed by atoms with E-state index in [-0.39, 0.29) is 68.6 Å². The number of nitrogens with zero attached hydrogens (tertiary/aromatic N) is 1. The molecule has 0 saturated heterocycles. The summed E-state index contributed by atoms with van der Waals surface area (Å²) in [5.74, 6) is -2.20. The van der Waals surface area contributed by atoms with Crippen LogP contribution >= 0.6 is 0 Å². The second-order valence-electron chi connectivity index (χ2n) is 14.9. The number of esters is 2. The zero-order chi connectivity index (χ0) is 42.5. The highest BCUT2D eigenvalue weighted by molar-refractivity contribution is 6.12. The molecule has 59 heavy (non-hydrogen) atoms. The van der Waals surface area contributed by atoms with Crippen LogP contribution in [0.1, 0.15) is 67.9 Å². The molecule has 0 radical (unpaired) electrons. The number of anilines is 1. The third-order valence-electron chi connectivity index (χ3n) is 10.5. The minimum absolute atomic E-state index is 0.0297. The molecule has 0 bridgehead atoms. The summed E-state index contributed by atoms with van der Waals surface area (Å²) in [5.41, 5.74) is 4.48. The summed E-state index contributed by atoms with van der Waals surface area (Å²) in [6, 6.07) is 24.6. The molecule has 3 unspecified atom stereocenters. The molecule has 1 fully saturated rings. The molecule has 1 aliphatic carbocycles. The maximum absolute atomic E-state index is 14.4. The lowest BCUT2D eigenvalue weighted by molar-refractivity contribution is -0.151. The number of ether oxygens (including phenoxy) is 4. The molecule has 3 aromatic carbocycles. The number of carbonyl (C=O) groups excluding carboxylic acids is 4. The van der Waals surface area contributed by atoms with Crippen LogP contribution in [0.15, 0.2) is 110 Å². The van der Waals surface area contributed by atoms with Gasteiger partial charge in [0.2, 0.25) is 0 Å². The van der Waals surface area contributed by atoms with Crippen LogP contribution in [0.2, 0.25) is 0 Å². The maximum Gasteiger partial charge on any atom is 0.508 e. The lowest BCUT2D eigenvalue weighted by atomic mass is 9.94. The van der Waals surface area contributed by atoms with Crippen molar-refractivity contribution in [3.05, 3.63) is 127 Å². The normalized spacial score (nSPS) is 17.1. The van der Waals surface area contributed by atoms with Gasteiger partial charge in [0.15, 0.2) is 0 Å². The Labute approximate surface area is 344 Å². The molecule has 1 amide bonds. The van der Waals surface area contributed by atoms with E-state index in [4.69, 9.17) is 18.9 Å². The predicted octanol–water partition coefficient (Wildman–Crippen LogP) is 9.12. The number of allylic oxidation sites excluding steroid dienone is 2. The Balaban J connectivity index is 1.35. The Kier molecular flexibility index (Phi) is 15.8. The Morgan fingerprint density at radius 1 is 0.898 bits per heavy atom. The summed E-state index contributed by atoms with van der Waals surface area (Å²) in [6.45, 7) is 11.3. The van der Waals surface area contributed by atoms with Gasteiger partial charge in [-0.2, -0.15) is 0 Å². The van der Waals surface area contributed by atoms with Gasteiger partial charge in [-0.25, -0.2) is 9.18 Å². The van der Waals surface area contributed by atoms with E-state index in [1.54, 1.807) is 30.3 Å². The van der Waals surface area contributed by atoms with Crippen molar-refractivity contribution < 1.29 is 47.6 Å². The molecule has 1 aliphatic rings. The highest BCUT2D eigenvalue weighted by atomic mass is 19.1. The molecule has 2 N–H and O–H groups in total. The number of nitrogens with one attached hydrogen (secondary N) is 1. The molecule has 12 heteroatoms. The number of para-hydroxylation sites is 1. The predicted molar refractivity (Wildman–Crippen MR) is 223 cm³/mol. The lowest BCUT2D eigenvalue weighted by Crippen LogP contribution is -2.29. The van der Waals surface area contributed by atoms with Gasteiger partial charge < -0.3 is 33.9 Å². The monoisotopic (exact) mass is 808 g/mol. The van der Waals surface area contributed by atoms with Crippen molar-refractivity contribution in [3.63, 3.8) is 0 Å². The molecule has 1 aromatic heterocycles. The number of benzene rings is 3. The lowest BCUT2D eigenvalue weighted by Gasteiger charge is -2.22. The third kappa shape index (κ3) is 11.6. The summed E-state index contributed by atoms with van der Waals surface area (Å²) in [7, 11) is 1.20. The minimum Gasteiger partial charge on any atom is -0.469 e. The molecule has 0 spiro atoms. The molecule has 1 saturated carbocycles. The number of hydrogen-bond acceptors (Lipinski definition) is 9. The summed E-state index contributed by atoms with van der Waals surface area (Å²) in [5, 5.41) is 14.5. The molecule has 5 rings (SSSR count). The molecule has 11 nitrogen and oxygen atoms in total. The first kappa shape index (κ1) is 44.1. The minimum atomic E-state index is -1.12. The van der Waals surface area contributed by atoms with Crippen molar-refractivity contribution in [1.82, 2.24) is 4.57 Å². The first-order chi connectivity index (χ1) is 28.4. The number of aliphatic hydroxyl groups excluding tert-OH is 1. The quantitative estimate of drug-likeness (QED) is 0.0411. The van der Waals surface area contributed by atoms with E-state index < -0.39 is 36.1 Å². The van der Waals surface area contributed by atoms with Crippen LogP contribution < -0.4 is 5.32 Å². The van der Waals surface area contributed by atoms with Gasteiger partial charge in [0.05, 0.1) is 36.8 Å². The van der Waals surface area contributed by atoms with Crippen molar-refractivity contribution in [1.29, 1.82) is 0 Å². The number of halogens is 1. The van der Waals surface area contributed by atoms with E-state index in [0.29, 0.717) is 40.2 Å². The summed E-state index contributed by atoms with van der Waals surface area (Å²) < 4.78 is 37.1. The average molecular weight is 809 g/mol. The van der Waals surface area contributed by atoms with E-state index in [0.717, 1.165) is 12.0 Å². The van der Waals surface area contributed by atoms with E-state index in [1.807, 2.05) is 73.0 Å². The maximum atomic E-state index is 14.4. The molecule has 1 heterocycles.